The molecule has 1 fully saturated rings. The Hall–Kier alpha value is -0.420. The molecule has 0 spiro atoms. The zero-order valence-corrected chi connectivity index (χ0v) is 11.4. The quantitative estimate of drug-likeness (QED) is 0.873. The van der Waals surface area contributed by atoms with Crippen molar-refractivity contribution in [2.45, 2.75) is 30.5 Å². The molecule has 16 heavy (non-hydrogen) atoms. The second-order valence-electron chi connectivity index (χ2n) is 4.21. The van der Waals surface area contributed by atoms with Crippen LogP contribution in [-0.4, -0.2) is 22.3 Å². The van der Waals surface area contributed by atoms with Crippen LogP contribution in [0.15, 0.2) is 11.7 Å². The van der Waals surface area contributed by atoms with E-state index in [0.717, 1.165) is 6.54 Å². The van der Waals surface area contributed by atoms with Gasteiger partial charge in [0.25, 0.3) is 5.91 Å². The van der Waals surface area contributed by atoms with Crippen molar-refractivity contribution in [3.63, 3.8) is 0 Å². The maximum atomic E-state index is 11.7. The third kappa shape index (κ3) is 3.28. The number of halogens is 1. The predicted molar refractivity (Wildman–Crippen MR) is 69.1 cm³/mol. The van der Waals surface area contributed by atoms with Gasteiger partial charge in [0.15, 0.2) is 0 Å². The smallest absolute Gasteiger partial charge is 0.263 e. The van der Waals surface area contributed by atoms with Crippen LogP contribution in [0.5, 0.6) is 0 Å². The van der Waals surface area contributed by atoms with Gasteiger partial charge in [-0.3, -0.25) is 9.78 Å². The van der Waals surface area contributed by atoms with Gasteiger partial charge in [-0.2, -0.15) is 0 Å². The lowest BCUT2D eigenvalue weighted by atomic mass is 9.89. The number of amides is 1. The maximum Gasteiger partial charge on any atom is 0.263 e. The van der Waals surface area contributed by atoms with Crippen molar-refractivity contribution >= 4 is 33.2 Å². The molecule has 1 aromatic rings. The molecule has 2 unspecified atom stereocenters. The molecule has 0 aromatic carbocycles. The zero-order valence-electron chi connectivity index (χ0n) is 8.99. The van der Waals surface area contributed by atoms with E-state index in [2.05, 4.69) is 26.2 Å². The molecule has 1 aromatic heterocycles. The lowest BCUT2D eigenvalue weighted by Crippen LogP contribution is -2.31. The Morgan fingerprint density at radius 3 is 3.19 bits per heavy atom. The topological polar surface area (TPSA) is 42.0 Å². The van der Waals surface area contributed by atoms with Gasteiger partial charge >= 0.3 is 0 Å². The molecule has 0 saturated heterocycles. The Balaban J connectivity index is 1.77. The van der Waals surface area contributed by atoms with Crippen molar-refractivity contribution in [3.05, 3.63) is 16.6 Å². The standard InChI is InChI=1S/C11H15BrN2OS/c12-9-3-1-2-8(4-9)5-14-11(15)10-6-13-7-16-10/h6-9H,1-5H2,(H,14,15). The summed E-state index contributed by atoms with van der Waals surface area (Å²) in [5, 5.41) is 2.99. The summed E-state index contributed by atoms with van der Waals surface area (Å²) in [6.45, 7) is 0.791. The Morgan fingerprint density at radius 2 is 2.50 bits per heavy atom. The van der Waals surface area contributed by atoms with Crippen molar-refractivity contribution < 1.29 is 4.79 Å². The number of thiazole rings is 1. The number of nitrogens with one attached hydrogen (secondary N) is 1. The average Bonchev–Trinajstić information content (AvgIpc) is 2.79. The van der Waals surface area contributed by atoms with Crippen LogP contribution >= 0.6 is 27.3 Å². The van der Waals surface area contributed by atoms with E-state index in [1.54, 1.807) is 11.7 Å². The van der Waals surface area contributed by atoms with Crippen LogP contribution in [0.3, 0.4) is 0 Å². The van der Waals surface area contributed by atoms with Crippen molar-refractivity contribution in [1.29, 1.82) is 0 Å². The summed E-state index contributed by atoms with van der Waals surface area (Å²) in [6.07, 6.45) is 6.54. The first-order valence-electron chi connectivity index (χ1n) is 5.56. The molecule has 1 saturated carbocycles. The molecule has 1 aliphatic rings. The van der Waals surface area contributed by atoms with Crippen LogP contribution in [0.2, 0.25) is 0 Å². The van der Waals surface area contributed by atoms with E-state index >= 15 is 0 Å². The van der Waals surface area contributed by atoms with Crippen LogP contribution in [-0.2, 0) is 0 Å². The van der Waals surface area contributed by atoms with Crippen molar-refractivity contribution in [2.24, 2.45) is 5.92 Å². The number of rotatable bonds is 3. The number of hydrogen-bond donors (Lipinski definition) is 1. The third-order valence-electron chi connectivity index (χ3n) is 2.93. The first-order valence-corrected chi connectivity index (χ1v) is 7.36. The van der Waals surface area contributed by atoms with Gasteiger partial charge in [0.05, 0.1) is 11.7 Å². The molecule has 0 aliphatic heterocycles. The van der Waals surface area contributed by atoms with Crippen LogP contribution in [0.1, 0.15) is 35.4 Å². The van der Waals surface area contributed by atoms with Gasteiger partial charge in [0, 0.05) is 11.4 Å². The normalized spacial score (nSPS) is 25.3. The minimum atomic E-state index is 0.0131. The first kappa shape index (κ1) is 12.0. The minimum Gasteiger partial charge on any atom is -0.351 e. The number of hydrogen-bond acceptors (Lipinski definition) is 3. The summed E-state index contributed by atoms with van der Waals surface area (Å²) in [5.41, 5.74) is 1.68. The molecule has 2 atom stereocenters. The Kier molecular flexibility index (Phi) is 4.35. The number of alkyl halides is 1. The summed E-state index contributed by atoms with van der Waals surface area (Å²) >= 11 is 5.04. The molecule has 0 bridgehead atoms. The zero-order chi connectivity index (χ0) is 11.4. The van der Waals surface area contributed by atoms with Crippen LogP contribution in [0, 0.1) is 5.92 Å². The number of carbonyl (C=O) groups is 1. The largest absolute Gasteiger partial charge is 0.351 e. The van der Waals surface area contributed by atoms with E-state index in [4.69, 9.17) is 0 Å². The van der Waals surface area contributed by atoms with Crippen LogP contribution in [0.25, 0.3) is 0 Å². The second-order valence-corrected chi connectivity index (χ2v) is 6.39. The number of nitrogens with zero attached hydrogens (tertiary/aromatic N) is 1. The summed E-state index contributed by atoms with van der Waals surface area (Å²) < 4.78 is 0. The van der Waals surface area contributed by atoms with Gasteiger partial charge in [-0.05, 0) is 25.2 Å². The highest BCUT2D eigenvalue weighted by Gasteiger charge is 2.20. The lowest BCUT2D eigenvalue weighted by Gasteiger charge is -2.25. The summed E-state index contributed by atoms with van der Waals surface area (Å²) in [7, 11) is 0. The second kappa shape index (κ2) is 5.77. The van der Waals surface area contributed by atoms with Gasteiger partial charge in [0.1, 0.15) is 4.88 Å². The monoisotopic (exact) mass is 302 g/mol. The Labute approximate surface area is 108 Å². The van der Waals surface area contributed by atoms with E-state index in [1.165, 1.54) is 37.0 Å². The predicted octanol–water partition coefficient (Wildman–Crippen LogP) is 2.83. The fourth-order valence-corrected chi connectivity index (χ4v) is 3.45. The highest BCUT2D eigenvalue weighted by molar-refractivity contribution is 9.09. The Morgan fingerprint density at radius 1 is 1.62 bits per heavy atom. The highest BCUT2D eigenvalue weighted by Crippen LogP contribution is 2.28. The van der Waals surface area contributed by atoms with E-state index in [1.807, 2.05) is 0 Å². The number of carbonyl (C=O) groups excluding carboxylic acids is 1. The summed E-state index contributed by atoms with van der Waals surface area (Å²) in [4.78, 5) is 16.9. The van der Waals surface area contributed by atoms with Crippen LogP contribution < -0.4 is 5.32 Å². The fourth-order valence-electron chi connectivity index (χ4n) is 2.06. The van der Waals surface area contributed by atoms with Gasteiger partial charge in [0.2, 0.25) is 0 Å². The van der Waals surface area contributed by atoms with Gasteiger partial charge < -0.3 is 5.32 Å². The number of aromatic nitrogens is 1. The SMILES string of the molecule is O=C(NCC1CCCC(Br)C1)c1cncs1. The average molecular weight is 303 g/mol. The van der Waals surface area contributed by atoms with Gasteiger partial charge in [-0.25, -0.2) is 0 Å². The molecule has 0 radical (unpaired) electrons. The maximum absolute atomic E-state index is 11.7. The van der Waals surface area contributed by atoms with E-state index in [9.17, 15) is 4.79 Å². The molecule has 3 nitrogen and oxygen atoms in total. The van der Waals surface area contributed by atoms with Crippen molar-refractivity contribution in [3.8, 4) is 0 Å². The van der Waals surface area contributed by atoms with Crippen molar-refractivity contribution in [2.75, 3.05) is 6.54 Å². The molecule has 1 aliphatic carbocycles. The molecule has 2 rings (SSSR count). The Bertz CT molecular complexity index is 342. The molecular weight excluding hydrogens is 288 g/mol. The summed E-state index contributed by atoms with van der Waals surface area (Å²) in [5.74, 6) is 0.634. The lowest BCUT2D eigenvalue weighted by molar-refractivity contribution is 0.0948. The van der Waals surface area contributed by atoms with E-state index in [0.29, 0.717) is 15.6 Å². The molecular formula is C11H15BrN2OS. The van der Waals surface area contributed by atoms with Crippen LogP contribution in [0.4, 0.5) is 0 Å². The van der Waals surface area contributed by atoms with E-state index in [-0.39, 0.29) is 5.91 Å². The fraction of sp³-hybridized carbons (Fsp3) is 0.636. The van der Waals surface area contributed by atoms with Gasteiger partial charge in [-0.1, -0.05) is 22.4 Å². The van der Waals surface area contributed by atoms with Gasteiger partial charge in [-0.15, -0.1) is 11.3 Å². The van der Waals surface area contributed by atoms with Crippen molar-refractivity contribution in [1.82, 2.24) is 10.3 Å². The third-order valence-corrected chi connectivity index (χ3v) is 4.53. The molecule has 1 N–H and O–H groups in total. The summed E-state index contributed by atoms with van der Waals surface area (Å²) in [6, 6.07) is 0. The first-order chi connectivity index (χ1) is 7.75. The molecule has 88 valence electrons. The minimum absolute atomic E-state index is 0.0131. The molecule has 1 amide bonds. The molecule has 5 heteroatoms. The molecule has 1 heterocycles. The van der Waals surface area contributed by atoms with E-state index < -0.39 is 0 Å². The highest BCUT2D eigenvalue weighted by atomic mass is 79.9.